The first-order valence-corrected chi connectivity index (χ1v) is 8.76. The van der Waals surface area contributed by atoms with Crippen LogP contribution in [0.5, 0.6) is 0 Å². The van der Waals surface area contributed by atoms with Gasteiger partial charge in [-0.1, -0.05) is 29.8 Å². The highest BCUT2D eigenvalue weighted by Crippen LogP contribution is 2.24. The molecule has 0 fully saturated rings. The molecule has 5 nitrogen and oxygen atoms in total. The molecule has 126 valence electrons. The van der Waals surface area contributed by atoms with Gasteiger partial charge in [-0.05, 0) is 13.8 Å². The van der Waals surface area contributed by atoms with Crippen LogP contribution in [-0.2, 0) is 19.2 Å². The van der Waals surface area contributed by atoms with E-state index in [1.54, 1.807) is 29.1 Å². The molecular formula is C18H22N4OS. The lowest BCUT2D eigenvalue weighted by Crippen LogP contribution is -2.34. The highest BCUT2D eigenvalue weighted by Gasteiger charge is 2.24. The number of rotatable bonds is 6. The van der Waals surface area contributed by atoms with Gasteiger partial charge in [0, 0.05) is 42.8 Å². The quantitative estimate of drug-likeness (QED) is 0.723. The summed E-state index contributed by atoms with van der Waals surface area (Å²) in [7, 11) is 1.84. The average Bonchev–Trinajstić information content (AvgIpc) is 3.17. The van der Waals surface area contributed by atoms with Crippen molar-refractivity contribution in [1.82, 2.24) is 20.1 Å². The normalized spacial score (nSPS) is 13.8. The van der Waals surface area contributed by atoms with Crippen LogP contribution in [0.15, 0.2) is 42.0 Å². The third-order valence-electron chi connectivity index (χ3n) is 3.95. The fraction of sp³-hybridized carbons (Fsp3) is 0.333. The van der Waals surface area contributed by atoms with Crippen molar-refractivity contribution in [1.29, 1.82) is 0 Å². The number of benzene rings is 1. The van der Waals surface area contributed by atoms with Crippen molar-refractivity contribution in [2.45, 2.75) is 26.0 Å². The van der Waals surface area contributed by atoms with Crippen LogP contribution in [0, 0.1) is 6.92 Å². The van der Waals surface area contributed by atoms with Crippen LogP contribution in [0.4, 0.5) is 0 Å². The van der Waals surface area contributed by atoms with Crippen LogP contribution < -0.4 is 5.32 Å². The van der Waals surface area contributed by atoms with Gasteiger partial charge in [0.25, 0.3) is 0 Å². The standard InChI is InChI=1S/C18H22N4OS/c1-13-4-6-14(7-5-13)17-21-16(11-24-17)9-19-12-18(2,23)15-8-20-22(3)10-15/h4-8,10-11,19,23H,9,12H2,1-3H3. The Kier molecular flexibility index (Phi) is 4.80. The van der Waals surface area contributed by atoms with Crippen LogP contribution >= 0.6 is 11.3 Å². The first-order chi connectivity index (χ1) is 11.4. The van der Waals surface area contributed by atoms with Crippen molar-refractivity contribution in [3.05, 3.63) is 58.9 Å². The second-order valence-corrected chi connectivity index (χ2v) is 7.15. The van der Waals surface area contributed by atoms with Crippen LogP contribution in [0.3, 0.4) is 0 Å². The largest absolute Gasteiger partial charge is 0.384 e. The fourth-order valence-electron chi connectivity index (χ4n) is 2.45. The summed E-state index contributed by atoms with van der Waals surface area (Å²) < 4.78 is 1.69. The minimum atomic E-state index is -0.954. The van der Waals surface area contributed by atoms with Gasteiger partial charge < -0.3 is 10.4 Å². The summed E-state index contributed by atoms with van der Waals surface area (Å²) in [6.07, 6.45) is 3.53. The van der Waals surface area contributed by atoms with Crippen molar-refractivity contribution >= 4 is 11.3 Å². The van der Waals surface area contributed by atoms with Gasteiger partial charge in [0.15, 0.2) is 0 Å². The van der Waals surface area contributed by atoms with Gasteiger partial charge in [-0.15, -0.1) is 11.3 Å². The number of aliphatic hydroxyl groups is 1. The highest BCUT2D eigenvalue weighted by molar-refractivity contribution is 7.13. The van der Waals surface area contributed by atoms with Crippen molar-refractivity contribution in [2.24, 2.45) is 7.05 Å². The van der Waals surface area contributed by atoms with Crippen molar-refractivity contribution in [2.75, 3.05) is 6.54 Å². The van der Waals surface area contributed by atoms with Crippen LogP contribution in [0.25, 0.3) is 10.6 Å². The molecular weight excluding hydrogens is 320 g/mol. The Bertz CT molecular complexity index is 805. The number of hydrogen-bond acceptors (Lipinski definition) is 5. The molecule has 0 saturated heterocycles. The predicted molar refractivity (Wildman–Crippen MR) is 96.8 cm³/mol. The molecule has 2 aromatic heterocycles. The molecule has 3 rings (SSSR count). The predicted octanol–water partition coefficient (Wildman–Crippen LogP) is 2.85. The van der Waals surface area contributed by atoms with E-state index in [1.165, 1.54) is 5.56 Å². The number of nitrogens with zero attached hydrogens (tertiary/aromatic N) is 3. The average molecular weight is 342 g/mol. The maximum absolute atomic E-state index is 10.6. The van der Waals surface area contributed by atoms with Crippen molar-refractivity contribution in [3.63, 3.8) is 0 Å². The summed E-state index contributed by atoms with van der Waals surface area (Å²) in [5.41, 5.74) is 3.21. The molecule has 6 heteroatoms. The van der Waals surface area contributed by atoms with E-state index < -0.39 is 5.60 Å². The first kappa shape index (κ1) is 16.8. The third-order valence-corrected chi connectivity index (χ3v) is 4.89. The van der Waals surface area contributed by atoms with Crippen molar-refractivity contribution in [3.8, 4) is 10.6 Å². The maximum atomic E-state index is 10.6. The molecule has 2 heterocycles. The Balaban J connectivity index is 1.58. The SMILES string of the molecule is Cc1ccc(-c2nc(CNCC(C)(O)c3cnn(C)c3)cs2)cc1. The van der Waals surface area contributed by atoms with Gasteiger partial charge >= 0.3 is 0 Å². The third kappa shape index (κ3) is 3.90. The number of aromatic nitrogens is 3. The number of aryl methyl sites for hydroxylation is 2. The fourth-order valence-corrected chi connectivity index (χ4v) is 3.28. The van der Waals surface area contributed by atoms with Gasteiger partial charge in [0.2, 0.25) is 0 Å². The van der Waals surface area contributed by atoms with Gasteiger partial charge in [0.05, 0.1) is 11.9 Å². The molecule has 1 aromatic carbocycles. The second-order valence-electron chi connectivity index (χ2n) is 6.29. The Morgan fingerprint density at radius 3 is 2.71 bits per heavy atom. The van der Waals surface area contributed by atoms with Gasteiger partial charge in [0.1, 0.15) is 10.6 Å². The molecule has 0 aliphatic heterocycles. The summed E-state index contributed by atoms with van der Waals surface area (Å²) in [6, 6.07) is 8.39. The van der Waals surface area contributed by atoms with E-state index in [4.69, 9.17) is 0 Å². The highest BCUT2D eigenvalue weighted by atomic mass is 32.1. The second kappa shape index (κ2) is 6.84. The molecule has 0 bridgehead atoms. The Morgan fingerprint density at radius 1 is 1.29 bits per heavy atom. The first-order valence-electron chi connectivity index (χ1n) is 7.88. The Hall–Kier alpha value is -2.02. The van der Waals surface area contributed by atoms with E-state index in [1.807, 2.05) is 13.2 Å². The molecule has 0 amide bonds. The molecule has 0 aliphatic rings. The van der Waals surface area contributed by atoms with E-state index in [2.05, 4.69) is 52.0 Å². The van der Waals surface area contributed by atoms with E-state index in [0.29, 0.717) is 13.1 Å². The van der Waals surface area contributed by atoms with Crippen LogP contribution in [0.1, 0.15) is 23.7 Å². The minimum absolute atomic E-state index is 0.441. The molecule has 1 atom stereocenters. The molecule has 24 heavy (non-hydrogen) atoms. The molecule has 2 N–H and O–H groups in total. The zero-order valence-corrected chi connectivity index (χ0v) is 15.0. The lowest BCUT2D eigenvalue weighted by Gasteiger charge is -2.22. The molecule has 3 aromatic rings. The molecule has 0 aliphatic carbocycles. The van der Waals surface area contributed by atoms with Gasteiger partial charge in [-0.25, -0.2) is 4.98 Å². The number of hydrogen-bond donors (Lipinski definition) is 2. The zero-order chi connectivity index (χ0) is 17.2. The summed E-state index contributed by atoms with van der Waals surface area (Å²) in [5, 5.41) is 21.0. The lowest BCUT2D eigenvalue weighted by atomic mass is 10.00. The topological polar surface area (TPSA) is 63.0 Å². The van der Waals surface area contributed by atoms with E-state index >= 15 is 0 Å². The van der Waals surface area contributed by atoms with Gasteiger partial charge in [-0.3, -0.25) is 4.68 Å². The number of thiazole rings is 1. The number of nitrogens with one attached hydrogen (secondary N) is 1. The molecule has 0 spiro atoms. The maximum Gasteiger partial charge on any atom is 0.123 e. The smallest absolute Gasteiger partial charge is 0.123 e. The van der Waals surface area contributed by atoms with E-state index in [0.717, 1.165) is 21.8 Å². The molecule has 0 radical (unpaired) electrons. The van der Waals surface area contributed by atoms with Gasteiger partial charge in [-0.2, -0.15) is 5.10 Å². The lowest BCUT2D eigenvalue weighted by molar-refractivity contribution is 0.0565. The Labute approximate surface area is 146 Å². The summed E-state index contributed by atoms with van der Waals surface area (Å²) in [5.74, 6) is 0. The zero-order valence-electron chi connectivity index (χ0n) is 14.2. The van der Waals surface area contributed by atoms with Crippen LogP contribution in [0.2, 0.25) is 0 Å². The molecule has 0 saturated carbocycles. The van der Waals surface area contributed by atoms with E-state index in [-0.39, 0.29) is 0 Å². The van der Waals surface area contributed by atoms with Crippen molar-refractivity contribution < 1.29 is 5.11 Å². The monoisotopic (exact) mass is 342 g/mol. The summed E-state index contributed by atoms with van der Waals surface area (Å²) in [6.45, 7) is 4.93. The van der Waals surface area contributed by atoms with E-state index in [9.17, 15) is 5.11 Å². The Morgan fingerprint density at radius 2 is 2.04 bits per heavy atom. The molecule has 1 unspecified atom stereocenters. The summed E-state index contributed by atoms with van der Waals surface area (Å²) >= 11 is 1.64. The minimum Gasteiger partial charge on any atom is -0.384 e. The van der Waals surface area contributed by atoms with Crippen LogP contribution in [-0.4, -0.2) is 26.4 Å². The summed E-state index contributed by atoms with van der Waals surface area (Å²) in [4.78, 5) is 4.66.